The number of amides is 1. The molecule has 0 aliphatic carbocycles. The van der Waals surface area contributed by atoms with Crippen molar-refractivity contribution in [2.24, 2.45) is 0 Å². The van der Waals surface area contributed by atoms with Gasteiger partial charge in [0.25, 0.3) is 0 Å². The first-order chi connectivity index (χ1) is 4.43. The van der Waals surface area contributed by atoms with Gasteiger partial charge in [-0.2, -0.15) is 0 Å². The molecule has 0 spiro atoms. The zero-order valence-electron chi connectivity index (χ0n) is 4.37. The second-order valence-corrected chi connectivity index (χ2v) is 1.96. The van der Waals surface area contributed by atoms with Gasteiger partial charge in [-0.25, -0.2) is 0 Å². The van der Waals surface area contributed by atoms with E-state index in [1.807, 2.05) is 0 Å². The van der Waals surface area contributed by atoms with E-state index >= 15 is 0 Å². The lowest BCUT2D eigenvalue weighted by molar-refractivity contribution is -0.109. The molecule has 0 aromatic carbocycles. The molecule has 0 fully saturated rings. The van der Waals surface area contributed by atoms with Gasteiger partial charge in [0, 0.05) is 0 Å². The number of rotatable bonds is 3. The molecule has 1 aromatic rings. The molecule has 0 radical (unpaired) electrons. The molecule has 0 aliphatic rings. The van der Waals surface area contributed by atoms with Crippen molar-refractivity contribution in [1.82, 2.24) is 15.6 Å². The number of hydrazine groups is 1. The maximum absolute atomic E-state index is 9.68. The van der Waals surface area contributed by atoms with Crippen LogP contribution in [0.1, 0.15) is 0 Å². The smallest absolute Gasteiger partial charge is 0.225 e. The van der Waals surface area contributed by atoms with E-state index in [0.717, 1.165) is 0 Å². The SMILES string of the molecule is O=CNNc1nncs1. The third kappa shape index (κ3) is 1.65. The van der Waals surface area contributed by atoms with E-state index in [4.69, 9.17) is 0 Å². The number of aromatic nitrogens is 2. The third-order valence-electron chi connectivity index (χ3n) is 0.598. The van der Waals surface area contributed by atoms with Crippen LogP contribution in [0.25, 0.3) is 0 Å². The van der Waals surface area contributed by atoms with Crippen molar-refractivity contribution < 1.29 is 4.79 Å². The van der Waals surface area contributed by atoms with E-state index in [9.17, 15) is 4.79 Å². The Morgan fingerprint density at radius 1 is 1.78 bits per heavy atom. The predicted octanol–water partition coefficient (Wildman–Crippen LogP) is -0.389. The monoisotopic (exact) mass is 144 g/mol. The lowest BCUT2D eigenvalue weighted by atomic mass is 11.2. The van der Waals surface area contributed by atoms with Gasteiger partial charge in [0.1, 0.15) is 5.51 Å². The van der Waals surface area contributed by atoms with Crippen molar-refractivity contribution in [2.75, 3.05) is 5.43 Å². The van der Waals surface area contributed by atoms with Crippen LogP contribution in [0.3, 0.4) is 0 Å². The van der Waals surface area contributed by atoms with E-state index in [1.165, 1.54) is 11.3 Å². The molecule has 0 bridgehead atoms. The fraction of sp³-hybridized carbons (Fsp3) is 0. The van der Waals surface area contributed by atoms with Crippen molar-refractivity contribution in [1.29, 1.82) is 0 Å². The van der Waals surface area contributed by atoms with Gasteiger partial charge in [0.05, 0.1) is 0 Å². The Hall–Kier alpha value is -1.17. The third-order valence-corrected chi connectivity index (χ3v) is 1.20. The summed E-state index contributed by atoms with van der Waals surface area (Å²) in [6, 6.07) is 0. The van der Waals surface area contributed by atoms with Crippen LogP contribution < -0.4 is 10.9 Å². The molecule has 0 aliphatic heterocycles. The largest absolute Gasteiger partial charge is 0.277 e. The van der Waals surface area contributed by atoms with E-state index in [1.54, 1.807) is 5.51 Å². The Kier molecular flexibility index (Phi) is 1.97. The summed E-state index contributed by atoms with van der Waals surface area (Å²) in [6.45, 7) is 0. The summed E-state index contributed by atoms with van der Waals surface area (Å²) in [5.74, 6) is 0. The van der Waals surface area contributed by atoms with Crippen LogP contribution in [0, 0.1) is 0 Å². The molecule has 1 amide bonds. The Labute approximate surface area is 55.1 Å². The summed E-state index contributed by atoms with van der Waals surface area (Å²) in [5, 5.41) is 7.69. The quantitative estimate of drug-likeness (QED) is 0.448. The molecule has 1 aromatic heterocycles. The van der Waals surface area contributed by atoms with E-state index in [-0.39, 0.29) is 0 Å². The first kappa shape index (κ1) is 5.96. The molecule has 2 N–H and O–H groups in total. The summed E-state index contributed by atoms with van der Waals surface area (Å²) in [7, 11) is 0. The average Bonchev–Trinajstić information content (AvgIpc) is 2.34. The van der Waals surface area contributed by atoms with Crippen LogP contribution >= 0.6 is 11.3 Å². The topological polar surface area (TPSA) is 66.9 Å². The second kappa shape index (κ2) is 2.98. The van der Waals surface area contributed by atoms with Crippen molar-refractivity contribution in [3.63, 3.8) is 0 Å². The Morgan fingerprint density at radius 2 is 2.67 bits per heavy atom. The lowest BCUT2D eigenvalue weighted by Crippen LogP contribution is -2.18. The minimum Gasteiger partial charge on any atom is -0.277 e. The summed E-state index contributed by atoms with van der Waals surface area (Å²) in [5.41, 5.74) is 6.29. The number of carbonyl (C=O) groups is 1. The summed E-state index contributed by atoms with van der Waals surface area (Å²) < 4.78 is 0. The molecule has 0 atom stereocenters. The highest BCUT2D eigenvalue weighted by Gasteiger charge is 1.89. The van der Waals surface area contributed by atoms with Crippen molar-refractivity contribution in [3.05, 3.63) is 5.51 Å². The maximum Gasteiger partial charge on any atom is 0.225 e. The van der Waals surface area contributed by atoms with Crippen molar-refractivity contribution in [2.45, 2.75) is 0 Å². The number of carbonyl (C=O) groups excluding carboxylic acids is 1. The molecule has 6 heteroatoms. The molecule has 48 valence electrons. The standard InChI is InChI=1S/C3H4N4OS/c8-1-4-6-3-7-5-2-9-3/h1-2H,(H,4,8)(H,6,7). The highest BCUT2D eigenvalue weighted by molar-refractivity contribution is 7.13. The van der Waals surface area contributed by atoms with Gasteiger partial charge in [-0.15, -0.1) is 10.2 Å². The number of anilines is 1. The first-order valence-corrected chi connectivity index (χ1v) is 3.03. The van der Waals surface area contributed by atoms with Gasteiger partial charge in [0.2, 0.25) is 11.5 Å². The molecule has 9 heavy (non-hydrogen) atoms. The van der Waals surface area contributed by atoms with Crippen LogP contribution in [-0.4, -0.2) is 16.6 Å². The molecule has 0 saturated carbocycles. The minimum atomic E-state index is 0.529. The lowest BCUT2D eigenvalue weighted by Gasteiger charge is -1.93. The zero-order valence-corrected chi connectivity index (χ0v) is 5.18. The van der Waals surface area contributed by atoms with E-state index < -0.39 is 0 Å². The molecular weight excluding hydrogens is 140 g/mol. The van der Waals surface area contributed by atoms with Crippen LogP contribution in [0.4, 0.5) is 5.13 Å². The van der Waals surface area contributed by atoms with E-state index in [0.29, 0.717) is 11.5 Å². The van der Waals surface area contributed by atoms with Gasteiger partial charge < -0.3 is 0 Å². The molecule has 0 saturated heterocycles. The highest BCUT2D eigenvalue weighted by Crippen LogP contribution is 2.04. The fourth-order valence-electron chi connectivity index (χ4n) is 0.319. The molecule has 1 heterocycles. The Morgan fingerprint density at radius 3 is 3.22 bits per heavy atom. The average molecular weight is 144 g/mol. The van der Waals surface area contributed by atoms with Crippen molar-refractivity contribution in [3.8, 4) is 0 Å². The van der Waals surface area contributed by atoms with Gasteiger partial charge in [-0.05, 0) is 0 Å². The van der Waals surface area contributed by atoms with Crippen LogP contribution in [0.15, 0.2) is 5.51 Å². The molecule has 5 nitrogen and oxygen atoms in total. The van der Waals surface area contributed by atoms with Crippen molar-refractivity contribution >= 4 is 22.9 Å². The summed E-state index contributed by atoms with van der Waals surface area (Å²) in [6.07, 6.45) is 0.529. The Bertz CT molecular complexity index is 174. The normalized spacial score (nSPS) is 8.44. The molecule has 1 rings (SSSR count). The minimum absolute atomic E-state index is 0.529. The predicted molar refractivity (Wildman–Crippen MR) is 32.7 cm³/mol. The fourth-order valence-corrected chi connectivity index (χ4v) is 0.725. The van der Waals surface area contributed by atoms with Gasteiger partial charge in [0.15, 0.2) is 0 Å². The summed E-state index contributed by atoms with van der Waals surface area (Å²) in [4.78, 5) is 9.68. The first-order valence-electron chi connectivity index (χ1n) is 2.15. The van der Waals surface area contributed by atoms with Gasteiger partial charge >= 0.3 is 0 Å². The number of hydrogen-bond acceptors (Lipinski definition) is 5. The van der Waals surface area contributed by atoms with Crippen LogP contribution in [0.5, 0.6) is 0 Å². The van der Waals surface area contributed by atoms with Crippen LogP contribution in [-0.2, 0) is 4.79 Å². The second-order valence-electron chi connectivity index (χ2n) is 1.13. The van der Waals surface area contributed by atoms with Crippen LogP contribution in [0.2, 0.25) is 0 Å². The summed E-state index contributed by atoms with van der Waals surface area (Å²) >= 11 is 1.31. The van der Waals surface area contributed by atoms with E-state index in [2.05, 4.69) is 21.0 Å². The Balaban J connectivity index is 2.38. The number of nitrogens with zero attached hydrogens (tertiary/aromatic N) is 2. The molecule has 0 unspecified atom stereocenters. The zero-order chi connectivity index (χ0) is 6.53. The number of hydrogen-bond donors (Lipinski definition) is 2. The number of nitrogens with one attached hydrogen (secondary N) is 2. The highest BCUT2D eigenvalue weighted by atomic mass is 32.1. The van der Waals surface area contributed by atoms with Gasteiger partial charge in [-0.3, -0.25) is 15.6 Å². The van der Waals surface area contributed by atoms with Gasteiger partial charge in [-0.1, -0.05) is 11.3 Å². The maximum atomic E-state index is 9.68. The molecular formula is C3H4N4OS.